The fraction of sp³-hybridized carbons (Fsp3) is 0.0556. The van der Waals surface area contributed by atoms with E-state index in [0.717, 1.165) is 16.8 Å². The van der Waals surface area contributed by atoms with Gasteiger partial charge in [0.05, 0.1) is 29.8 Å². The fourth-order valence-corrected chi connectivity index (χ4v) is 2.38. The highest BCUT2D eigenvalue weighted by atomic mass is 16.5. The monoisotopic (exact) mass is 303 g/mol. The second-order valence-electron chi connectivity index (χ2n) is 4.85. The third kappa shape index (κ3) is 2.83. The molecule has 0 bridgehead atoms. The minimum absolute atomic E-state index is 0.453. The number of methoxy groups -OCH3 is 1. The Morgan fingerprint density at radius 1 is 1.30 bits per heavy atom. The van der Waals surface area contributed by atoms with Crippen molar-refractivity contribution in [3.8, 4) is 11.8 Å². The van der Waals surface area contributed by atoms with Crippen LogP contribution in [0.5, 0.6) is 0 Å². The maximum absolute atomic E-state index is 11.4. The molecule has 0 N–H and O–H groups in total. The van der Waals surface area contributed by atoms with Crippen LogP contribution in [0.2, 0.25) is 0 Å². The Kier molecular flexibility index (Phi) is 3.89. The standard InChI is InChI=1S/C18H13N3O2/c1-23-17(22)8-7-14-9-13(11-19)10-16-18(14)21(12-20-16)15-5-3-2-4-6-15/h2-10,12H,1H3/b8-7+. The summed E-state index contributed by atoms with van der Waals surface area (Å²) in [4.78, 5) is 15.7. The summed E-state index contributed by atoms with van der Waals surface area (Å²) < 4.78 is 6.55. The first-order valence-corrected chi connectivity index (χ1v) is 6.95. The SMILES string of the molecule is COC(=O)/C=C/c1cc(C#N)cc2ncn(-c3ccccc3)c12. The molecule has 0 saturated heterocycles. The zero-order valence-corrected chi connectivity index (χ0v) is 12.4. The lowest BCUT2D eigenvalue weighted by Crippen LogP contribution is -1.96. The molecule has 1 aromatic heterocycles. The zero-order chi connectivity index (χ0) is 16.2. The second kappa shape index (κ2) is 6.16. The Labute approximate surface area is 133 Å². The summed E-state index contributed by atoms with van der Waals surface area (Å²) in [5.74, 6) is -0.453. The number of carbonyl (C=O) groups is 1. The molecular weight excluding hydrogens is 290 g/mol. The van der Waals surface area contributed by atoms with Crippen LogP contribution >= 0.6 is 0 Å². The minimum Gasteiger partial charge on any atom is -0.466 e. The van der Waals surface area contributed by atoms with E-state index in [1.54, 1.807) is 24.5 Å². The summed E-state index contributed by atoms with van der Waals surface area (Å²) in [6.45, 7) is 0. The van der Waals surface area contributed by atoms with Gasteiger partial charge < -0.3 is 4.74 Å². The van der Waals surface area contributed by atoms with E-state index < -0.39 is 5.97 Å². The highest BCUT2D eigenvalue weighted by molar-refractivity contribution is 5.93. The van der Waals surface area contributed by atoms with Gasteiger partial charge in [-0.25, -0.2) is 9.78 Å². The number of carbonyl (C=O) groups excluding carboxylic acids is 1. The van der Waals surface area contributed by atoms with Crippen LogP contribution in [-0.4, -0.2) is 22.6 Å². The quantitative estimate of drug-likeness (QED) is 0.551. The third-order valence-corrected chi connectivity index (χ3v) is 3.44. The number of hydrogen-bond donors (Lipinski definition) is 0. The van der Waals surface area contributed by atoms with Gasteiger partial charge in [-0.2, -0.15) is 5.26 Å². The van der Waals surface area contributed by atoms with Crippen LogP contribution < -0.4 is 0 Å². The van der Waals surface area contributed by atoms with Crippen molar-refractivity contribution >= 4 is 23.1 Å². The predicted molar refractivity (Wildman–Crippen MR) is 86.8 cm³/mol. The molecule has 3 aromatic rings. The molecule has 5 nitrogen and oxygen atoms in total. The Morgan fingerprint density at radius 2 is 2.09 bits per heavy atom. The van der Waals surface area contributed by atoms with E-state index in [1.807, 2.05) is 34.9 Å². The number of benzene rings is 2. The van der Waals surface area contributed by atoms with E-state index in [4.69, 9.17) is 5.26 Å². The molecule has 112 valence electrons. The van der Waals surface area contributed by atoms with Gasteiger partial charge in [0.25, 0.3) is 0 Å². The van der Waals surface area contributed by atoms with Crippen LogP contribution in [0.3, 0.4) is 0 Å². The molecule has 0 fully saturated rings. The van der Waals surface area contributed by atoms with Gasteiger partial charge in [0.2, 0.25) is 0 Å². The number of ether oxygens (including phenoxy) is 1. The van der Waals surface area contributed by atoms with E-state index in [-0.39, 0.29) is 0 Å². The number of aromatic nitrogens is 2. The molecule has 0 radical (unpaired) electrons. The number of fused-ring (bicyclic) bond motifs is 1. The molecule has 23 heavy (non-hydrogen) atoms. The Morgan fingerprint density at radius 3 is 2.78 bits per heavy atom. The first-order chi connectivity index (χ1) is 11.2. The highest BCUT2D eigenvalue weighted by Crippen LogP contribution is 2.24. The van der Waals surface area contributed by atoms with Crippen molar-refractivity contribution in [1.82, 2.24) is 9.55 Å². The predicted octanol–water partition coefficient (Wildman–Crippen LogP) is 3.08. The van der Waals surface area contributed by atoms with Gasteiger partial charge in [0.15, 0.2) is 0 Å². The summed E-state index contributed by atoms with van der Waals surface area (Å²) >= 11 is 0. The topological polar surface area (TPSA) is 67.9 Å². The van der Waals surface area contributed by atoms with Gasteiger partial charge >= 0.3 is 5.97 Å². The van der Waals surface area contributed by atoms with E-state index in [2.05, 4.69) is 15.8 Å². The molecule has 3 rings (SSSR count). The smallest absolute Gasteiger partial charge is 0.330 e. The van der Waals surface area contributed by atoms with Crippen molar-refractivity contribution in [1.29, 1.82) is 5.26 Å². The molecule has 1 heterocycles. The molecule has 0 aliphatic carbocycles. The lowest BCUT2D eigenvalue weighted by molar-refractivity contribution is -0.134. The molecule has 0 unspecified atom stereocenters. The second-order valence-corrected chi connectivity index (χ2v) is 4.85. The number of imidazole rings is 1. The first kappa shape index (κ1) is 14.5. The van der Waals surface area contributed by atoms with E-state index >= 15 is 0 Å². The number of nitrogens with zero attached hydrogens (tertiary/aromatic N) is 3. The molecule has 0 aliphatic rings. The summed E-state index contributed by atoms with van der Waals surface area (Å²) in [7, 11) is 1.32. The van der Waals surface area contributed by atoms with Gasteiger partial charge in [-0.1, -0.05) is 18.2 Å². The average molecular weight is 303 g/mol. The van der Waals surface area contributed by atoms with Gasteiger partial charge in [-0.3, -0.25) is 4.57 Å². The van der Waals surface area contributed by atoms with Crippen LogP contribution in [0.25, 0.3) is 22.8 Å². The number of para-hydroxylation sites is 1. The maximum atomic E-state index is 11.4. The van der Waals surface area contributed by atoms with Crippen molar-refractivity contribution in [2.75, 3.05) is 7.11 Å². The lowest BCUT2D eigenvalue weighted by Gasteiger charge is -2.07. The highest BCUT2D eigenvalue weighted by Gasteiger charge is 2.10. The van der Waals surface area contributed by atoms with Gasteiger partial charge in [0, 0.05) is 17.3 Å². The lowest BCUT2D eigenvalue weighted by atomic mass is 10.1. The first-order valence-electron chi connectivity index (χ1n) is 6.95. The van der Waals surface area contributed by atoms with Crippen molar-refractivity contribution in [3.05, 3.63) is 66.0 Å². The molecule has 0 saturated carbocycles. The van der Waals surface area contributed by atoms with Gasteiger partial charge in [-0.05, 0) is 30.3 Å². The molecule has 0 aliphatic heterocycles. The van der Waals surface area contributed by atoms with Crippen LogP contribution in [-0.2, 0) is 9.53 Å². The van der Waals surface area contributed by atoms with Crippen LogP contribution in [0.15, 0.2) is 54.9 Å². The van der Waals surface area contributed by atoms with Crippen LogP contribution in [0, 0.1) is 11.3 Å². The normalized spacial score (nSPS) is 10.8. The van der Waals surface area contributed by atoms with Crippen LogP contribution in [0.1, 0.15) is 11.1 Å². The molecule has 0 atom stereocenters. The summed E-state index contributed by atoms with van der Waals surface area (Å²) in [6.07, 6.45) is 4.67. The zero-order valence-electron chi connectivity index (χ0n) is 12.4. The van der Waals surface area contributed by atoms with Crippen molar-refractivity contribution < 1.29 is 9.53 Å². The van der Waals surface area contributed by atoms with Crippen molar-refractivity contribution in [2.45, 2.75) is 0 Å². The van der Waals surface area contributed by atoms with Gasteiger partial charge in [0.1, 0.15) is 6.33 Å². The maximum Gasteiger partial charge on any atom is 0.330 e. The summed E-state index contributed by atoms with van der Waals surface area (Å²) in [6, 6.07) is 15.3. The molecular formula is C18H13N3O2. The molecule has 5 heteroatoms. The number of hydrogen-bond acceptors (Lipinski definition) is 4. The number of esters is 1. The van der Waals surface area contributed by atoms with Crippen molar-refractivity contribution in [3.63, 3.8) is 0 Å². The van der Waals surface area contributed by atoms with Crippen LogP contribution in [0.4, 0.5) is 0 Å². The minimum atomic E-state index is -0.453. The summed E-state index contributed by atoms with van der Waals surface area (Å²) in [5.41, 5.74) is 3.69. The summed E-state index contributed by atoms with van der Waals surface area (Å²) in [5, 5.41) is 9.17. The Bertz CT molecular complexity index is 934. The molecule has 2 aromatic carbocycles. The fourth-order valence-electron chi connectivity index (χ4n) is 2.38. The number of rotatable bonds is 3. The molecule has 0 spiro atoms. The number of nitriles is 1. The Hall–Kier alpha value is -3.39. The third-order valence-electron chi connectivity index (χ3n) is 3.44. The van der Waals surface area contributed by atoms with Crippen molar-refractivity contribution in [2.24, 2.45) is 0 Å². The van der Waals surface area contributed by atoms with E-state index in [0.29, 0.717) is 11.1 Å². The largest absolute Gasteiger partial charge is 0.466 e. The van der Waals surface area contributed by atoms with Gasteiger partial charge in [-0.15, -0.1) is 0 Å². The van der Waals surface area contributed by atoms with E-state index in [1.165, 1.54) is 13.2 Å². The average Bonchev–Trinajstić information content (AvgIpc) is 3.04. The molecule has 0 amide bonds. The Balaban J connectivity index is 2.23. The van der Waals surface area contributed by atoms with E-state index in [9.17, 15) is 4.79 Å².